The van der Waals surface area contributed by atoms with Crippen molar-refractivity contribution >= 4 is 40.0 Å². The molecule has 0 saturated carbocycles. The first-order chi connectivity index (χ1) is 12.1. The molecule has 8 nitrogen and oxygen atoms in total. The maximum atomic E-state index is 12.0. The molecule has 3 heterocycles. The summed E-state index contributed by atoms with van der Waals surface area (Å²) in [6, 6.07) is 3.41. The van der Waals surface area contributed by atoms with Gasteiger partial charge < -0.3 is 14.6 Å². The van der Waals surface area contributed by atoms with Gasteiger partial charge in [0, 0.05) is 26.4 Å². The van der Waals surface area contributed by atoms with Crippen LogP contribution < -0.4 is 10.6 Å². The molecule has 0 radical (unpaired) electrons. The van der Waals surface area contributed by atoms with Gasteiger partial charge in [0.1, 0.15) is 5.69 Å². The molecule has 3 rings (SSSR count). The van der Waals surface area contributed by atoms with Crippen LogP contribution in [0.15, 0.2) is 22.7 Å². The smallest absolute Gasteiger partial charge is 0.274 e. The van der Waals surface area contributed by atoms with E-state index in [1.165, 1.54) is 23.1 Å². The average Bonchev–Trinajstić information content (AvgIpc) is 3.33. The molecule has 2 amide bonds. The molecular formula is C15H19N5O3S2. The number of rotatable bonds is 7. The van der Waals surface area contributed by atoms with Crippen LogP contribution in [0, 0.1) is 0 Å². The Labute approximate surface area is 153 Å². The van der Waals surface area contributed by atoms with E-state index in [1.807, 2.05) is 0 Å². The van der Waals surface area contributed by atoms with Gasteiger partial charge in [-0.25, -0.2) is 0 Å². The van der Waals surface area contributed by atoms with E-state index < -0.39 is 5.91 Å². The third kappa shape index (κ3) is 5.03. The fraction of sp³-hybridized carbons (Fsp3) is 0.467. The highest BCUT2D eigenvalue weighted by molar-refractivity contribution is 8.01. The lowest BCUT2D eigenvalue weighted by Gasteiger charge is -2.08. The first-order valence-corrected chi connectivity index (χ1v) is 9.69. The van der Waals surface area contributed by atoms with Gasteiger partial charge in [0.05, 0.1) is 11.9 Å². The van der Waals surface area contributed by atoms with Gasteiger partial charge in [0.15, 0.2) is 4.34 Å². The molecule has 1 saturated heterocycles. The van der Waals surface area contributed by atoms with E-state index in [0.717, 1.165) is 19.4 Å². The SMILES string of the molecule is Cn1cccc1C(=O)NC(=O)CSc1nnc(NC[C@@H]2CCCO2)s1. The van der Waals surface area contributed by atoms with Gasteiger partial charge in [0.2, 0.25) is 11.0 Å². The van der Waals surface area contributed by atoms with Crippen LogP contribution in [-0.4, -0.2) is 51.6 Å². The molecule has 1 fully saturated rings. The number of hydrogen-bond donors (Lipinski definition) is 2. The van der Waals surface area contributed by atoms with E-state index in [1.54, 1.807) is 29.9 Å². The number of ether oxygens (including phenoxy) is 1. The number of amides is 2. The monoisotopic (exact) mass is 381 g/mol. The zero-order chi connectivity index (χ0) is 17.6. The fourth-order valence-corrected chi connectivity index (χ4v) is 3.96. The average molecular weight is 381 g/mol. The number of carbonyl (C=O) groups is 2. The number of aryl methyl sites for hydroxylation is 1. The molecule has 10 heteroatoms. The summed E-state index contributed by atoms with van der Waals surface area (Å²) < 4.78 is 7.87. The maximum Gasteiger partial charge on any atom is 0.274 e. The third-order valence-electron chi connectivity index (χ3n) is 3.67. The zero-order valence-corrected chi connectivity index (χ0v) is 15.4. The largest absolute Gasteiger partial charge is 0.376 e. The van der Waals surface area contributed by atoms with Crippen molar-refractivity contribution in [1.82, 2.24) is 20.1 Å². The summed E-state index contributed by atoms with van der Waals surface area (Å²) in [6.07, 6.45) is 4.14. The highest BCUT2D eigenvalue weighted by Crippen LogP contribution is 2.25. The van der Waals surface area contributed by atoms with Crippen LogP contribution in [0.3, 0.4) is 0 Å². The van der Waals surface area contributed by atoms with Crippen LogP contribution in [-0.2, 0) is 16.6 Å². The van der Waals surface area contributed by atoms with Crippen molar-refractivity contribution in [3.8, 4) is 0 Å². The molecule has 0 spiro atoms. The summed E-state index contributed by atoms with van der Waals surface area (Å²) in [4.78, 5) is 23.9. The Bertz CT molecular complexity index is 739. The van der Waals surface area contributed by atoms with Crippen molar-refractivity contribution in [2.75, 3.05) is 24.2 Å². The Morgan fingerprint density at radius 3 is 3.08 bits per heavy atom. The number of imide groups is 1. The predicted molar refractivity (Wildman–Crippen MR) is 96.0 cm³/mol. The lowest BCUT2D eigenvalue weighted by Crippen LogP contribution is -2.32. The molecule has 0 aromatic carbocycles. The molecule has 2 aromatic heterocycles. The maximum absolute atomic E-state index is 12.0. The van der Waals surface area contributed by atoms with Crippen LogP contribution in [0.2, 0.25) is 0 Å². The Balaban J connectivity index is 1.41. The molecule has 0 aliphatic carbocycles. The van der Waals surface area contributed by atoms with E-state index in [4.69, 9.17) is 4.74 Å². The molecule has 134 valence electrons. The van der Waals surface area contributed by atoms with E-state index >= 15 is 0 Å². The minimum atomic E-state index is -0.408. The number of thioether (sulfide) groups is 1. The fourth-order valence-electron chi connectivity index (χ4n) is 2.40. The third-order valence-corrected chi connectivity index (χ3v) is 5.68. The first kappa shape index (κ1) is 17.9. The number of carbonyl (C=O) groups excluding carboxylic acids is 2. The second kappa shape index (κ2) is 8.45. The molecular weight excluding hydrogens is 362 g/mol. The minimum absolute atomic E-state index is 0.108. The number of aromatic nitrogens is 3. The quantitative estimate of drug-likeness (QED) is 0.702. The molecule has 0 bridgehead atoms. The Morgan fingerprint density at radius 1 is 1.48 bits per heavy atom. The lowest BCUT2D eigenvalue weighted by atomic mass is 10.2. The van der Waals surface area contributed by atoms with E-state index in [2.05, 4.69) is 20.8 Å². The van der Waals surface area contributed by atoms with Gasteiger partial charge in [-0.2, -0.15) is 0 Å². The van der Waals surface area contributed by atoms with Crippen molar-refractivity contribution in [2.24, 2.45) is 7.05 Å². The molecule has 1 aliphatic rings. The molecule has 25 heavy (non-hydrogen) atoms. The summed E-state index contributed by atoms with van der Waals surface area (Å²) in [7, 11) is 1.75. The molecule has 1 atom stereocenters. The summed E-state index contributed by atoms with van der Waals surface area (Å²) in [5.74, 6) is -0.661. The summed E-state index contributed by atoms with van der Waals surface area (Å²) >= 11 is 2.64. The number of hydrogen-bond acceptors (Lipinski definition) is 8. The van der Waals surface area contributed by atoms with E-state index in [0.29, 0.717) is 21.7 Å². The normalized spacial score (nSPS) is 16.8. The van der Waals surface area contributed by atoms with Gasteiger partial charge in [-0.05, 0) is 25.0 Å². The van der Waals surface area contributed by atoms with Gasteiger partial charge in [-0.15, -0.1) is 10.2 Å². The molecule has 2 aromatic rings. The van der Waals surface area contributed by atoms with Crippen LogP contribution in [0.25, 0.3) is 0 Å². The second-order valence-corrected chi connectivity index (χ2v) is 7.76. The molecule has 0 unspecified atom stereocenters. The van der Waals surface area contributed by atoms with Crippen molar-refractivity contribution in [1.29, 1.82) is 0 Å². The van der Waals surface area contributed by atoms with Crippen LogP contribution in [0.1, 0.15) is 23.3 Å². The number of nitrogens with zero attached hydrogens (tertiary/aromatic N) is 3. The highest BCUT2D eigenvalue weighted by Gasteiger charge is 2.17. The van der Waals surface area contributed by atoms with Crippen LogP contribution in [0.4, 0.5) is 5.13 Å². The Kier molecular flexibility index (Phi) is 6.05. The van der Waals surface area contributed by atoms with Gasteiger partial charge in [-0.1, -0.05) is 23.1 Å². The van der Waals surface area contributed by atoms with Crippen molar-refractivity contribution < 1.29 is 14.3 Å². The van der Waals surface area contributed by atoms with E-state index in [9.17, 15) is 9.59 Å². The van der Waals surface area contributed by atoms with Gasteiger partial charge in [-0.3, -0.25) is 14.9 Å². The molecule has 1 aliphatic heterocycles. The first-order valence-electron chi connectivity index (χ1n) is 7.89. The summed E-state index contributed by atoms with van der Waals surface area (Å²) in [5, 5.41) is 14.4. The zero-order valence-electron chi connectivity index (χ0n) is 13.7. The van der Waals surface area contributed by atoms with Crippen LogP contribution >= 0.6 is 23.1 Å². The van der Waals surface area contributed by atoms with E-state index in [-0.39, 0.29) is 17.8 Å². The highest BCUT2D eigenvalue weighted by atomic mass is 32.2. The Hall–Kier alpha value is -1.91. The second-order valence-electron chi connectivity index (χ2n) is 5.56. The summed E-state index contributed by atoms with van der Waals surface area (Å²) in [5.41, 5.74) is 0.440. The van der Waals surface area contributed by atoms with Gasteiger partial charge in [0.25, 0.3) is 5.91 Å². The minimum Gasteiger partial charge on any atom is -0.376 e. The topological polar surface area (TPSA) is 98.1 Å². The van der Waals surface area contributed by atoms with Crippen molar-refractivity contribution in [2.45, 2.75) is 23.3 Å². The Morgan fingerprint density at radius 2 is 2.36 bits per heavy atom. The standard InChI is InChI=1S/C15H19N5O3S2/c1-20-6-2-5-11(20)13(22)17-12(21)9-24-15-19-18-14(25-15)16-8-10-4-3-7-23-10/h2,5-6,10H,3-4,7-9H2,1H3,(H,16,18)(H,17,21,22)/t10-/m0/s1. The van der Waals surface area contributed by atoms with Gasteiger partial charge >= 0.3 is 0 Å². The van der Waals surface area contributed by atoms with Crippen LogP contribution in [0.5, 0.6) is 0 Å². The lowest BCUT2D eigenvalue weighted by molar-refractivity contribution is -0.117. The summed E-state index contributed by atoms with van der Waals surface area (Å²) in [6.45, 7) is 1.53. The molecule has 2 N–H and O–H groups in total. The number of nitrogens with one attached hydrogen (secondary N) is 2. The number of anilines is 1. The predicted octanol–water partition coefficient (Wildman–Crippen LogP) is 1.52. The van der Waals surface area contributed by atoms with Crippen molar-refractivity contribution in [3.63, 3.8) is 0 Å². The van der Waals surface area contributed by atoms with Crippen molar-refractivity contribution in [3.05, 3.63) is 24.0 Å².